The molecule has 1 fully saturated rings. The zero-order valence-corrected chi connectivity index (χ0v) is 11.6. The van der Waals surface area contributed by atoms with Gasteiger partial charge in [-0.3, -0.25) is 4.79 Å². The maximum atomic E-state index is 12.4. The summed E-state index contributed by atoms with van der Waals surface area (Å²) in [5.41, 5.74) is 1.75. The second-order valence-corrected chi connectivity index (χ2v) is 5.16. The summed E-state index contributed by atoms with van der Waals surface area (Å²) in [5, 5.41) is 8.81. The van der Waals surface area contributed by atoms with Crippen molar-refractivity contribution in [3.05, 3.63) is 35.4 Å². The van der Waals surface area contributed by atoms with E-state index in [9.17, 15) is 4.79 Å². The molecule has 0 bridgehead atoms. The van der Waals surface area contributed by atoms with E-state index in [4.69, 9.17) is 5.26 Å². The van der Waals surface area contributed by atoms with Crippen molar-refractivity contribution >= 4 is 5.91 Å². The molecule has 1 aliphatic rings. The van der Waals surface area contributed by atoms with Crippen LogP contribution in [0.1, 0.15) is 50.3 Å². The van der Waals surface area contributed by atoms with Crippen LogP contribution in [0.2, 0.25) is 0 Å². The Bertz CT molecular complexity index is 482. The quantitative estimate of drug-likeness (QED) is 0.830. The van der Waals surface area contributed by atoms with Crippen LogP contribution in [0.4, 0.5) is 0 Å². The molecule has 1 aliphatic carbocycles. The van der Waals surface area contributed by atoms with Gasteiger partial charge in [-0.1, -0.05) is 18.6 Å². The SMILES string of the molecule is CCN(C(=O)C1CCC1)[C@H](C)c1ccc(C#N)cc1. The molecule has 100 valence electrons. The van der Waals surface area contributed by atoms with E-state index >= 15 is 0 Å². The summed E-state index contributed by atoms with van der Waals surface area (Å²) in [6.45, 7) is 4.81. The van der Waals surface area contributed by atoms with Crippen LogP contribution in [0.25, 0.3) is 0 Å². The first-order valence-electron chi connectivity index (χ1n) is 6.98. The minimum absolute atomic E-state index is 0.0749. The average molecular weight is 256 g/mol. The van der Waals surface area contributed by atoms with Crippen molar-refractivity contribution in [2.75, 3.05) is 6.54 Å². The van der Waals surface area contributed by atoms with Crippen molar-refractivity contribution < 1.29 is 4.79 Å². The van der Waals surface area contributed by atoms with Crippen LogP contribution in [0.3, 0.4) is 0 Å². The molecule has 0 unspecified atom stereocenters. The number of nitrogens with zero attached hydrogens (tertiary/aromatic N) is 2. The minimum atomic E-state index is 0.0749. The van der Waals surface area contributed by atoms with Crippen molar-refractivity contribution in [1.82, 2.24) is 4.90 Å². The number of carbonyl (C=O) groups excluding carboxylic acids is 1. The van der Waals surface area contributed by atoms with E-state index < -0.39 is 0 Å². The largest absolute Gasteiger partial charge is 0.336 e. The van der Waals surface area contributed by atoms with Crippen molar-refractivity contribution in [2.45, 2.75) is 39.2 Å². The lowest BCUT2D eigenvalue weighted by atomic mass is 9.84. The smallest absolute Gasteiger partial charge is 0.226 e. The summed E-state index contributed by atoms with van der Waals surface area (Å²) in [7, 11) is 0. The Morgan fingerprint density at radius 1 is 1.42 bits per heavy atom. The van der Waals surface area contributed by atoms with Crippen LogP contribution in [0.15, 0.2) is 24.3 Å². The van der Waals surface area contributed by atoms with E-state index in [0.29, 0.717) is 5.56 Å². The lowest BCUT2D eigenvalue weighted by Crippen LogP contribution is -2.40. The van der Waals surface area contributed by atoms with E-state index in [2.05, 4.69) is 13.0 Å². The second-order valence-electron chi connectivity index (χ2n) is 5.16. The van der Waals surface area contributed by atoms with Gasteiger partial charge in [-0.25, -0.2) is 0 Å². The highest BCUT2D eigenvalue weighted by molar-refractivity contribution is 5.80. The molecule has 0 aromatic heterocycles. The Kier molecular flexibility index (Phi) is 4.21. The Hall–Kier alpha value is -1.82. The molecule has 2 rings (SSSR count). The van der Waals surface area contributed by atoms with Gasteiger partial charge in [-0.2, -0.15) is 5.26 Å². The van der Waals surface area contributed by atoms with Crippen molar-refractivity contribution in [1.29, 1.82) is 5.26 Å². The molecule has 1 aromatic rings. The zero-order chi connectivity index (χ0) is 13.8. The Morgan fingerprint density at radius 2 is 2.05 bits per heavy atom. The van der Waals surface area contributed by atoms with Crippen LogP contribution in [0, 0.1) is 17.2 Å². The van der Waals surface area contributed by atoms with Crippen LogP contribution in [0.5, 0.6) is 0 Å². The van der Waals surface area contributed by atoms with E-state index in [1.807, 2.05) is 36.1 Å². The molecule has 19 heavy (non-hydrogen) atoms. The Morgan fingerprint density at radius 3 is 2.47 bits per heavy atom. The van der Waals surface area contributed by atoms with E-state index in [1.54, 1.807) is 0 Å². The number of nitriles is 1. The van der Waals surface area contributed by atoms with Gasteiger partial charge in [0.25, 0.3) is 0 Å². The molecule has 0 spiro atoms. The highest BCUT2D eigenvalue weighted by Crippen LogP contribution is 2.31. The summed E-state index contributed by atoms with van der Waals surface area (Å²) in [5.74, 6) is 0.520. The summed E-state index contributed by atoms with van der Waals surface area (Å²) >= 11 is 0. The second kappa shape index (κ2) is 5.88. The summed E-state index contributed by atoms with van der Waals surface area (Å²) in [6.07, 6.45) is 3.25. The third-order valence-electron chi connectivity index (χ3n) is 4.07. The first kappa shape index (κ1) is 13.6. The highest BCUT2D eigenvalue weighted by atomic mass is 16.2. The molecule has 1 atom stereocenters. The van der Waals surface area contributed by atoms with Crippen LogP contribution >= 0.6 is 0 Å². The van der Waals surface area contributed by atoms with E-state index in [-0.39, 0.29) is 17.9 Å². The normalized spacial score (nSPS) is 16.3. The summed E-state index contributed by atoms with van der Waals surface area (Å²) in [6, 6.07) is 9.70. The fraction of sp³-hybridized carbons (Fsp3) is 0.500. The molecule has 0 saturated heterocycles. The van der Waals surface area contributed by atoms with Gasteiger partial charge >= 0.3 is 0 Å². The average Bonchev–Trinajstić information content (AvgIpc) is 2.37. The van der Waals surface area contributed by atoms with Crippen LogP contribution in [-0.2, 0) is 4.79 Å². The van der Waals surface area contributed by atoms with Crippen LogP contribution < -0.4 is 0 Å². The van der Waals surface area contributed by atoms with Crippen molar-refractivity contribution in [3.63, 3.8) is 0 Å². The summed E-state index contributed by atoms with van der Waals surface area (Å²) in [4.78, 5) is 14.3. The van der Waals surface area contributed by atoms with Gasteiger partial charge in [0.2, 0.25) is 5.91 Å². The molecular formula is C16H20N2O. The molecular weight excluding hydrogens is 236 g/mol. The lowest BCUT2D eigenvalue weighted by Gasteiger charge is -2.35. The number of amides is 1. The Balaban J connectivity index is 2.12. The van der Waals surface area contributed by atoms with Gasteiger partial charge in [-0.05, 0) is 44.4 Å². The van der Waals surface area contributed by atoms with Crippen molar-refractivity contribution in [2.24, 2.45) is 5.92 Å². The van der Waals surface area contributed by atoms with Gasteiger partial charge in [-0.15, -0.1) is 0 Å². The molecule has 1 saturated carbocycles. The number of rotatable bonds is 4. The van der Waals surface area contributed by atoms with Crippen LogP contribution in [-0.4, -0.2) is 17.4 Å². The molecule has 1 amide bonds. The fourth-order valence-electron chi connectivity index (χ4n) is 2.53. The third-order valence-corrected chi connectivity index (χ3v) is 4.07. The lowest BCUT2D eigenvalue weighted by molar-refractivity contribution is -0.140. The standard InChI is InChI=1S/C16H20N2O/c1-3-18(16(19)15-5-4-6-15)12(2)14-9-7-13(11-17)8-10-14/h7-10,12,15H,3-6H2,1-2H3/t12-/m1/s1. The fourth-order valence-corrected chi connectivity index (χ4v) is 2.53. The van der Waals surface area contributed by atoms with Crippen molar-refractivity contribution in [3.8, 4) is 6.07 Å². The van der Waals surface area contributed by atoms with E-state index in [0.717, 1.165) is 24.9 Å². The van der Waals surface area contributed by atoms with Gasteiger partial charge in [0.05, 0.1) is 17.7 Å². The van der Waals surface area contributed by atoms with Gasteiger partial charge in [0, 0.05) is 12.5 Å². The monoisotopic (exact) mass is 256 g/mol. The molecule has 0 radical (unpaired) electrons. The minimum Gasteiger partial charge on any atom is -0.336 e. The first-order valence-corrected chi connectivity index (χ1v) is 6.98. The maximum Gasteiger partial charge on any atom is 0.226 e. The molecule has 0 aliphatic heterocycles. The molecule has 0 N–H and O–H groups in total. The maximum absolute atomic E-state index is 12.4. The van der Waals surface area contributed by atoms with E-state index in [1.165, 1.54) is 6.42 Å². The summed E-state index contributed by atoms with van der Waals surface area (Å²) < 4.78 is 0. The number of hydrogen-bond donors (Lipinski definition) is 0. The predicted molar refractivity (Wildman–Crippen MR) is 74.3 cm³/mol. The number of hydrogen-bond acceptors (Lipinski definition) is 2. The molecule has 3 nitrogen and oxygen atoms in total. The zero-order valence-electron chi connectivity index (χ0n) is 11.6. The molecule has 1 aromatic carbocycles. The first-order chi connectivity index (χ1) is 9.17. The Labute approximate surface area is 114 Å². The van der Waals surface area contributed by atoms with Gasteiger partial charge in [0.15, 0.2) is 0 Å². The number of benzene rings is 1. The predicted octanol–water partition coefficient (Wildman–Crippen LogP) is 3.27. The number of carbonyl (C=O) groups is 1. The molecule has 0 heterocycles. The van der Waals surface area contributed by atoms with Gasteiger partial charge < -0.3 is 4.90 Å². The highest BCUT2D eigenvalue weighted by Gasteiger charge is 2.31. The third kappa shape index (κ3) is 2.78. The van der Waals surface area contributed by atoms with Gasteiger partial charge in [0.1, 0.15) is 0 Å². The topological polar surface area (TPSA) is 44.1 Å². The molecule has 3 heteroatoms.